The van der Waals surface area contributed by atoms with Gasteiger partial charge in [-0.15, -0.1) is 0 Å². The van der Waals surface area contributed by atoms with Crippen LogP contribution in [-0.4, -0.2) is 33.6 Å². The third-order valence-corrected chi connectivity index (χ3v) is 5.88. The van der Waals surface area contributed by atoms with Gasteiger partial charge in [0.2, 0.25) is 0 Å². The summed E-state index contributed by atoms with van der Waals surface area (Å²) in [5.41, 5.74) is 3.35. The number of aromatic nitrogens is 3. The normalized spacial score (nSPS) is 10.8. The summed E-state index contributed by atoms with van der Waals surface area (Å²) >= 11 is 6.55. The molecule has 0 radical (unpaired) electrons. The van der Waals surface area contributed by atoms with Crippen molar-refractivity contribution in [2.45, 2.75) is 13.8 Å². The Hall–Kier alpha value is -4.34. The molecule has 0 spiro atoms. The summed E-state index contributed by atoms with van der Waals surface area (Å²) in [6, 6.07) is 18.8. The van der Waals surface area contributed by atoms with Gasteiger partial charge in [0.25, 0.3) is 0 Å². The highest BCUT2D eigenvalue weighted by molar-refractivity contribution is 6.36. The minimum atomic E-state index is -0.470. The van der Waals surface area contributed by atoms with E-state index in [4.69, 9.17) is 26.1 Å². The maximum Gasteiger partial charge on any atom is 0.338 e. The van der Waals surface area contributed by atoms with Gasteiger partial charge in [-0.2, -0.15) is 0 Å². The van der Waals surface area contributed by atoms with Crippen LogP contribution in [0.1, 0.15) is 35.5 Å². The minimum Gasteiger partial charge on any atom is -0.479 e. The third-order valence-electron chi connectivity index (χ3n) is 5.57. The number of nitrogens with zero attached hydrogens (tertiary/aromatic N) is 3. The van der Waals surface area contributed by atoms with Gasteiger partial charge < -0.3 is 9.47 Å². The van der Waals surface area contributed by atoms with Crippen LogP contribution in [0.25, 0.3) is 27.7 Å². The molecule has 7 heteroatoms. The fourth-order valence-electron chi connectivity index (χ4n) is 3.98. The monoisotopic (exact) mass is 495 g/mol. The fourth-order valence-corrected chi connectivity index (χ4v) is 4.24. The molecule has 5 rings (SSSR count). The maximum atomic E-state index is 12.9. The molecule has 0 aliphatic heterocycles. The molecule has 3 heterocycles. The second-order valence-corrected chi connectivity index (χ2v) is 8.30. The van der Waals surface area contributed by atoms with Gasteiger partial charge in [0, 0.05) is 35.0 Å². The molecule has 0 aliphatic carbocycles. The topological polar surface area (TPSA) is 65.7 Å². The molecular weight excluding hydrogens is 474 g/mol. The minimum absolute atomic E-state index is 0.242. The summed E-state index contributed by atoms with van der Waals surface area (Å²) in [5.74, 6) is 6.25. The van der Waals surface area contributed by atoms with Crippen LogP contribution in [0.5, 0.6) is 5.88 Å². The molecule has 2 aromatic carbocycles. The SMILES string of the molecule is CCOC(=O)c1cc(C#Cc2ccccc2)ncc1-c1cn2c(OCC)cc3cccc(Cl)c3c2n1. The molecule has 0 atom stereocenters. The molecule has 0 unspecified atom stereocenters. The molecule has 0 saturated heterocycles. The number of imidazole rings is 1. The Morgan fingerprint density at radius 2 is 1.86 bits per heavy atom. The second kappa shape index (κ2) is 10.1. The number of fused-ring (bicyclic) bond motifs is 3. The van der Waals surface area contributed by atoms with E-state index in [0.717, 1.165) is 16.3 Å². The molecular formula is C29H22ClN3O3. The van der Waals surface area contributed by atoms with Gasteiger partial charge in [-0.3, -0.25) is 4.40 Å². The number of ether oxygens (including phenoxy) is 2. The summed E-state index contributed by atoms with van der Waals surface area (Å²) in [5, 5.41) is 2.28. The maximum absolute atomic E-state index is 12.9. The van der Waals surface area contributed by atoms with Crippen molar-refractivity contribution in [1.82, 2.24) is 14.4 Å². The number of carbonyl (C=O) groups excluding carboxylic acids is 1. The van der Waals surface area contributed by atoms with E-state index in [1.54, 1.807) is 19.2 Å². The van der Waals surface area contributed by atoms with Gasteiger partial charge in [-0.25, -0.2) is 14.8 Å². The van der Waals surface area contributed by atoms with E-state index >= 15 is 0 Å². The van der Waals surface area contributed by atoms with E-state index in [1.165, 1.54) is 0 Å². The third kappa shape index (κ3) is 4.49. The number of hydrogen-bond donors (Lipinski definition) is 0. The van der Waals surface area contributed by atoms with E-state index < -0.39 is 5.97 Å². The molecule has 3 aromatic heterocycles. The Kier molecular flexibility index (Phi) is 6.57. The van der Waals surface area contributed by atoms with Crippen molar-refractivity contribution < 1.29 is 14.3 Å². The summed E-state index contributed by atoms with van der Waals surface area (Å²) in [6.07, 6.45) is 3.42. The molecule has 6 nitrogen and oxygen atoms in total. The lowest BCUT2D eigenvalue weighted by atomic mass is 10.1. The summed E-state index contributed by atoms with van der Waals surface area (Å²) in [7, 11) is 0. The highest BCUT2D eigenvalue weighted by Gasteiger charge is 2.20. The quantitative estimate of drug-likeness (QED) is 0.215. The Bertz CT molecular complexity index is 1650. The number of hydrogen-bond acceptors (Lipinski definition) is 5. The number of rotatable bonds is 5. The largest absolute Gasteiger partial charge is 0.479 e. The molecule has 178 valence electrons. The smallest absolute Gasteiger partial charge is 0.338 e. The van der Waals surface area contributed by atoms with Crippen molar-refractivity contribution in [2.24, 2.45) is 0 Å². The number of benzene rings is 2. The van der Waals surface area contributed by atoms with Crippen LogP contribution in [0.3, 0.4) is 0 Å². The van der Waals surface area contributed by atoms with Crippen LogP contribution in [0.2, 0.25) is 5.02 Å². The predicted octanol–water partition coefficient (Wildman–Crippen LogP) is 6.18. The van der Waals surface area contributed by atoms with Crippen molar-refractivity contribution in [3.63, 3.8) is 0 Å². The zero-order valence-electron chi connectivity index (χ0n) is 19.8. The first-order valence-corrected chi connectivity index (χ1v) is 11.9. The first-order chi connectivity index (χ1) is 17.6. The molecule has 5 aromatic rings. The van der Waals surface area contributed by atoms with Gasteiger partial charge in [-0.1, -0.05) is 47.9 Å². The van der Waals surface area contributed by atoms with Gasteiger partial charge in [0.05, 0.1) is 29.5 Å². The molecule has 0 N–H and O–H groups in total. The van der Waals surface area contributed by atoms with Crippen molar-refractivity contribution in [3.8, 4) is 29.0 Å². The summed E-state index contributed by atoms with van der Waals surface area (Å²) in [6.45, 7) is 4.41. The highest BCUT2D eigenvalue weighted by Crippen LogP contribution is 2.34. The molecule has 36 heavy (non-hydrogen) atoms. The van der Waals surface area contributed by atoms with Crippen LogP contribution in [-0.2, 0) is 4.74 Å². The van der Waals surface area contributed by atoms with Crippen molar-refractivity contribution in [2.75, 3.05) is 13.2 Å². The van der Waals surface area contributed by atoms with Crippen molar-refractivity contribution in [3.05, 3.63) is 94.9 Å². The van der Waals surface area contributed by atoms with E-state index in [1.807, 2.05) is 72.1 Å². The Balaban J connectivity index is 1.68. The fraction of sp³-hybridized carbons (Fsp3) is 0.138. The zero-order chi connectivity index (χ0) is 25.1. The number of esters is 1. The van der Waals surface area contributed by atoms with Crippen LogP contribution < -0.4 is 4.74 Å². The van der Waals surface area contributed by atoms with Crippen LogP contribution in [0.4, 0.5) is 0 Å². The van der Waals surface area contributed by atoms with Gasteiger partial charge >= 0.3 is 5.97 Å². The Labute approximate surface area is 213 Å². The standard InChI is InChI=1S/C29H22ClN3O3/c1-3-35-26-15-20-11-8-12-24(30)27(20)28-32-25(18-33(26)28)23-17-31-21(16-22(23)29(34)36-4-2)14-13-19-9-6-5-7-10-19/h5-12,15-18H,3-4H2,1-2H3. The molecule has 0 bridgehead atoms. The van der Waals surface area contributed by atoms with Gasteiger partial charge in [-0.05, 0) is 49.4 Å². The van der Waals surface area contributed by atoms with E-state index in [-0.39, 0.29) is 6.61 Å². The molecule has 0 aliphatic rings. The van der Waals surface area contributed by atoms with Gasteiger partial charge in [0.15, 0.2) is 5.88 Å². The molecule has 0 fully saturated rings. The lowest BCUT2D eigenvalue weighted by Crippen LogP contribution is -2.08. The van der Waals surface area contributed by atoms with Crippen LogP contribution >= 0.6 is 11.6 Å². The van der Waals surface area contributed by atoms with E-state index in [2.05, 4.69) is 16.8 Å². The molecule has 0 saturated carbocycles. The van der Waals surface area contributed by atoms with Crippen LogP contribution in [0, 0.1) is 11.8 Å². The van der Waals surface area contributed by atoms with E-state index in [0.29, 0.717) is 45.7 Å². The van der Waals surface area contributed by atoms with Crippen molar-refractivity contribution >= 4 is 34.0 Å². The summed E-state index contributed by atoms with van der Waals surface area (Å²) < 4.78 is 13.1. The molecule has 0 amide bonds. The van der Waals surface area contributed by atoms with E-state index in [9.17, 15) is 4.79 Å². The average molecular weight is 496 g/mol. The predicted molar refractivity (Wildman–Crippen MR) is 140 cm³/mol. The number of halogens is 1. The van der Waals surface area contributed by atoms with Crippen molar-refractivity contribution in [1.29, 1.82) is 0 Å². The summed E-state index contributed by atoms with van der Waals surface area (Å²) in [4.78, 5) is 22.3. The highest BCUT2D eigenvalue weighted by atomic mass is 35.5. The number of pyridine rings is 2. The Morgan fingerprint density at radius 3 is 2.64 bits per heavy atom. The first kappa shape index (κ1) is 23.4. The second-order valence-electron chi connectivity index (χ2n) is 7.89. The zero-order valence-corrected chi connectivity index (χ0v) is 20.5. The van der Waals surface area contributed by atoms with Crippen LogP contribution in [0.15, 0.2) is 73.1 Å². The Morgan fingerprint density at radius 1 is 1.03 bits per heavy atom. The average Bonchev–Trinajstić information content (AvgIpc) is 3.34. The first-order valence-electron chi connectivity index (χ1n) is 11.6. The van der Waals surface area contributed by atoms with Gasteiger partial charge in [0.1, 0.15) is 11.3 Å². The lowest BCUT2D eigenvalue weighted by Gasteiger charge is -2.09. The lowest BCUT2D eigenvalue weighted by molar-refractivity contribution is 0.0527. The number of carbonyl (C=O) groups is 1.